The van der Waals surface area contributed by atoms with Crippen molar-refractivity contribution in [2.45, 2.75) is 13.0 Å². The molecule has 1 fully saturated rings. The number of ether oxygens (including phenoxy) is 1. The smallest absolute Gasteiger partial charge is 0.301 e. The van der Waals surface area contributed by atoms with E-state index in [9.17, 15) is 14.7 Å². The lowest BCUT2D eigenvalue weighted by Crippen LogP contribution is -2.29. The highest BCUT2D eigenvalue weighted by Crippen LogP contribution is 2.46. The van der Waals surface area contributed by atoms with Gasteiger partial charge in [-0.3, -0.25) is 14.5 Å². The molecule has 1 aromatic heterocycles. The highest BCUT2D eigenvalue weighted by Gasteiger charge is 2.49. The number of carbonyl (C=O) groups excluding carboxylic acids is 2. The SMILES string of the molecule is COc1ccccc1C1/C(=C(\O)c2ccc(C)cc2)C(=O)C(=O)N1c1nc2ccccc2s1. The van der Waals surface area contributed by atoms with E-state index >= 15 is 0 Å². The Morgan fingerprint density at radius 1 is 1.00 bits per heavy atom. The van der Waals surface area contributed by atoms with Crippen molar-refractivity contribution >= 4 is 44.1 Å². The molecule has 4 aromatic rings. The van der Waals surface area contributed by atoms with Gasteiger partial charge in [0.1, 0.15) is 17.6 Å². The number of fused-ring (bicyclic) bond motifs is 1. The Morgan fingerprint density at radius 2 is 1.70 bits per heavy atom. The molecule has 1 aliphatic heterocycles. The highest BCUT2D eigenvalue weighted by atomic mass is 32.1. The summed E-state index contributed by atoms with van der Waals surface area (Å²) in [4.78, 5) is 32.6. The Hall–Kier alpha value is -3.97. The molecule has 1 amide bonds. The number of amides is 1. The maximum Gasteiger partial charge on any atom is 0.301 e. The summed E-state index contributed by atoms with van der Waals surface area (Å²) in [5, 5.41) is 11.6. The summed E-state index contributed by atoms with van der Waals surface area (Å²) < 4.78 is 6.45. The molecule has 0 aliphatic carbocycles. The third-order valence-corrected chi connectivity index (χ3v) is 6.73. The van der Waals surface area contributed by atoms with Crippen LogP contribution in [-0.2, 0) is 9.59 Å². The van der Waals surface area contributed by atoms with Crippen LogP contribution in [0.4, 0.5) is 5.13 Å². The van der Waals surface area contributed by atoms with E-state index in [0.717, 1.165) is 15.8 Å². The molecule has 1 aliphatic rings. The number of aliphatic hydroxyl groups is 1. The number of nitrogens with zero attached hydrogens (tertiary/aromatic N) is 2. The molecule has 0 bridgehead atoms. The zero-order valence-corrected chi connectivity index (χ0v) is 18.8. The number of Topliss-reactive ketones (excluding diaryl/α,β-unsaturated/α-hetero) is 1. The molecule has 2 heterocycles. The van der Waals surface area contributed by atoms with E-state index in [1.807, 2.05) is 55.5 Å². The summed E-state index contributed by atoms with van der Waals surface area (Å²) in [7, 11) is 1.53. The molecule has 1 N–H and O–H groups in total. The van der Waals surface area contributed by atoms with Gasteiger partial charge in [0.15, 0.2) is 5.13 Å². The average molecular weight is 457 g/mol. The van der Waals surface area contributed by atoms with E-state index in [1.165, 1.54) is 23.3 Å². The number of anilines is 1. The molecule has 1 unspecified atom stereocenters. The molecule has 0 radical (unpaired) electrons. The fraction of sp³-hybridized carbons (Fsp3) is 0.115. The molecule has 0 spiro atoms. The summed E-state index contributed by atoms with van der Waals surface area (Å²) in [6, 6.07) is 21.0. The van der Waals surface area contributed by atoms with Crippen molar-refractivity contribution in [2.75, 3.05) is 12.0 Å². The number of carbonyl (C=O) groups is 2. The number of methoxy groups -OCH3 is 1. The molecule has 5 rings (SSSR count). The number of aryl methyl sites for hydroxylation is 1. The number of aliphatic hydroxyl groups excluding tert-OH is 1. The minimum absolute atomic E-state index is 0.00705. The van der Waals surface area contributed by atoms with Gasteiger partial charge in [0, 0.05) is 11.1 Å². The normalized spacial score (nSPS) is 17.6. The van der Waals surface area contributed by atoms with Crippen LogP contribution in [-0.4, -0.2) is 28.9 Å². The summed E-state index contributed by atoms with van der Waals surface area (Å²) in [6.07, 6.45) is 0. The first-order chi connectivity index (χ1) is 16.0. The predicted octanol–water partition coefficient (Wildman–Crippen LogP) is 5.24. The third kappa shape index (κ3) is 3.47. The van der Waals surface area contributed by atoms with Crippen molar-refractivity contribution in [3.8, 4) is 5.75 Å². The second kappa shape index (κ2) is 8.18. The number of rotatable bonds is 4. The lowest BCUT2D eigenvalue weighted by atomic mass is 9.94. The van der Waals surface area contributed by atoms with E-state index in [4.69, 9.17) is 4.74 Å². The van der Waals surface area contributed by atoms with Crippen molar-refractivity contribution in [1.29, 1.82) is 0 Å². The van der Waals surface area contributed by atoms with Crippen LogP contribution in [0.15, 0.2) is 78.4 Å². The molecule has 164 valence electrons. The van der Waals surface area contributed by atoms with Gasteiger partial charge in [-0.25, -0.2) is 4.98 Å². The molecule has 3 aromatic carbocycles. The van der Waals surface area contributed by atoms with E-state index in [0.29, 0.717) is 22.0 Å². The summed E-state index contributed by atoms with van der Waals surface area (Å²) >= 11 is 1.32. The van der Waals surface area contributed by atoms with E-state index in [-0.39, 0.29) is 11.3 Å². The lowest BCUT2D eigenvalue weighted by molar-refractivity contribution is -0.132. The Balaban J connectivity index is 1.76. The fourth-order valence-corrected chi connectivity index (χ4v) is 5.04. The summed E-state index contributed by atoms with van der Waals surface area (Å²) in [6.45, 7) is 1.94. The number of hydrogen-bond donors (Lipinski definition) is 1. The monoisotopic (exact) mass is 456 g/mol. The lowest BCUT2D eigenvalue weighted by Gasteiger charge is -2.24. The zero-order chi connectivity index (χ0) is 23.1. The second-order valence-corrected chi connectivity index (χ2v) is 8.75. The van der Waals surface area contributed by atoms with Crippen LogP contribution in [0.5, 0.6) is 5.75 Å². The maximum atomic E-state index is 13.3. The Labute approximate surface area is 194 Å². The molecule has 7 heteroatoms. The number of ketones is 1. The van der Waals surface area contributed by atoms with Crippen LogP contribution in [0.2, 0.25) is 0 Å². The molecular formula is C26H20N2O4S. The molecule has 33 heavy (non-hydrogen) atoms. The van der Waals surface area contributed by atoms with Gasteiger partial charge < -0.3 is 9.84 Å². The van der Waals surface area contributed by atoms with Crippen molar-refractivity contribution < 1.29 is 19.4 Å². The zero-order valence-electron chi connectivity index (χ0n) is 18.0. The van der Waals surface area contributed by atoms with Gasteiger partial charge in [0.05, 0.1) is 22.9 Å². The molecule has 0 saturated carbocycles. The van der Waals surface area contributed by atoms with Crippen molar-refractivity contribution in [1.82, 2.24) is 4.98 Å². The third-order valence-electron chi connectivity index (χ3n) is 5.69. The number of hydrogen-bond acceptors (Lipinski definition) is 6. The molecular weight excluding hydrogens is 436 g/mol. The first kappa shape index (κ1) is 20.9. The molecule has 6 nitrogen and oxygen atoms in total. The summed E-state index contributed by atoms with van der Waals surface area (Å²) in [5.41, 5.74) is 2.81. The minimum Gasteiger partial charge on any atom is -0.507 e. The van der Waals surface area contributed by atoms with Crippen molar-refractivity contribution in [3.05, 3.63) is 95.1 Å². The Bertz CT molecular complexity index is 1390. The van der Waals surface area contributed by atoms with Crippen LogP contribution in [0.1, 0.15) is 22.7 Å². The van der Waals surface area contributed by atoms with E-state index < -0.39 is 17.7 Å². The van der Waals surface area contributed by atoms with Gasteiger partial charge in [-0.1, -0.05) is 71.5 Å². The van der Waals surface area contributed by atoms with Crippen LogP contribution in [0, 0.1) is 6.92 Å². The number of para-hydroxylation sites is 2. The summed E-state index contributed by atoms with van der Waals surface area (Å²) in [5.74, 6) is -1.22. The van der Waals surface area contributed by atoms with E-state index in [1.54, 1.807) is 24.3 Å². The van der Waals surface area contributed by atoms with E-state index in [2.05, 4.69) is 4.98 Å². The Morgan fingerprint density at radius 3 is 2.42 bits per heavy atom. The van der Waals surface area contributed by atoms with Crippen molar-refractivity contribution in [3.63, 3.8) is 0 Å². The minimum atomic E-state index is -0.886. The Kier molecular flexibility index (Phi) is 5.18. The average Bonchev–Trinajstić information content (AvgIpc) is 3.37. The standard InChI is InChI=1S/C26H20N2O4S/c1-15-11-13-16(14-12-15)23(29)21-22(17-7-3-5-9-19(17)32-2)28(25(31)24(21)30)26-27-18-8-4-6-10-20(18)33-26/h3-14,22,29H,1-2H3/b23-21+. The fourth-order valence-electron chi connectivity index (χ4n) is 4.05. The second-order valence-electron chi connectivity index (χ2n) is 7.74. The molecule has 1 atom stereocenters. The topological polar surface area (TPSA) is 79.7 Å². The first-order valence-electron chi connectivity index (χ1n) is 10.4. The highest BCUT2D eigenvalue weighted by molar-refractivity contribution is 7.22. The number of aromatic nitrogens is 1. The van der Waals surface area contributed by atoms with Crippen LogP contribution < -0.4 is 9.64 Å². The van der Waals surface area contributed by atoms with Gasteiger partial charge in [0.2, 0.25) is 0 Å². The van der Waals surface area contributed by atoms with Crippen LogP contribution >= 0.6 is 11.3 Å². The number of benzene rings is 3. The van der Waals surface area contributed by atoms with Crippen molar-refractivity contribution in [2.24, 2.45) is 0 Å². The van der Waals surface area contributed by atoms with Crippen LogP contribution in [0.25, 0.3) is 16.0 Å². The largest absolute Gasteiger partial charge is 0.507 e. The van der Waals surface area contributed by atoms with Crippen LogP contribution in [0.3, 0.4) is 0 Å². The van der Waals surface area contributed by atoms with Gasteiger partial charge >= 0.3 is 5.91 Å². The predicted molar refractivity (Wildman–Crippen MR) is 129 cm³/mol. The first-order valence-corrected chi connectivity index (χ1v) is 11.2. The van der Waals surface area contributed by atoms with Gasteiger partial charge in [0.25, 0.3) is 5.78 Å². The number of thiazole rings is 1. The van der Waals surface area contributed by atoms with Gasteiger partial charge in [-0.15, -0.1) is 0 Å². The van der Waals surface area contributed by atoms with Gasteiger partial charge in [-0.05, 0) is 25.1 Å². The maximum absolute atomic E-state index is 13.3. The van der Waals surface area contributed by atoms with Gasteiger partial charge in [-0.2, -0.15) is 0 Å². The quantitative estimate of drug-likeness (QED) is 0.258. The molecule has 1 saturated heterocycles.